The van der Waals surface area contributed by atoms with Gasteiger partial charge in [0.15, 0.2) is 0 Å². The van der Waals surface area contributed by atoms with Gasteiger partial charge in [-0.2, -0.15) is 0 Å². The largest absolute Gasteiger partial charge is 0.369 e. The number of fused-ring (bicyclic) bond motifs is 1. The molecule has 0 spiro atoms. The summed E-state index contributed by atoms with van der Waals surface area (Å²) >= 11 is 0. The highest BCUT2D eigenvalue weighted by Crippen LogP contribution is 2.42. The fraction of sp³-hybridized carbons (Fsp3) is 0.600. The minimum Gasteiger partial charge on any atom is -0.369 e. The molecule has 174 valence electrons. The number of aromatic nitrogens is 1. The van der Waals surface area contributed by atoms with Gasteiger partial charge in [0, 0.05) is 42.2 Å². The third kappa shape index (κ3) is 4.58. The summed E-state index contributed by atoms with van der Waals surface area (Å²) in [5, 5.41) is 0.866. The van der Waals surface area contributed by atoms with E-state index in [1.807, 2.05) is 31.2 Å². The van der Waals surface area contributed by atoms with Gasteiger partial charge in [0.1, 0.15) is 0 Å². The number of nitrogens with two attached hydrogens (primary N) is 1. The van der Waals surface area contributed by atoms with E-state index < -0.39 is 23.7 Å². The van der Waals surface area contributed by atoms with Crippen molar-refractivity contribution in [2.24, 2.45) is 23.5 Å². The van der Waals surface area contributed by atoms with Crippen LogP contribution in [-0.2, 0) is 4.79 Å². The van der Waals surface area contributed by atoms with Crippen LogP contribution in [0.15, 0.2) is 30.5 Å². The van der Waals surface area contributed by atoms with E-state index in [2.05, 4.69) is 23.7 Å². The molecular weight excluding hydrogens is 410 g/mol. The molecule has 32 heavy (non-hydrogen) atoms. The van der Waals surface area contributed by atoms with E-state index in [1.165, 1.54) is 0 Å². The highest BCUT2D eigenvalue weighted by Gasteiger charge is 2.47. The molecular formula is C25H34F2N4O. The number of halogens is 2. The molecule has 2 aromatic rings. The second-order valence-electron chi connectivity index (χ2n) is 9.90. The molecule has 5 nitrogen and oxygen atoms in total. The Morgan fingerprint density at radius 1 is 1.19 bits per heavy atom. The van der Waals surface area contributed by atoms with Crippen molar-refractivity contribution in [3.8, 4) is 0 Å². The molecule has 1 amide bonds. The lowest BCUT2D eigenvalue weighted by Crippen LogP contribution is -2.53. The number of hydrogen-bond acceptors (Lipinski definition) is 4. The van der Waals surface area contributed by atoms with E-state index in [0.29, 0.717) is 12.6 Å². The number of carbonyl (C=O) groups excluding carboxylic acids is 1. The third-order valence-corrected chi connectivity index (χ3v) is 7.38. The number of amides is 1. The van der Waals surface area contributed by atoms with Crippen LogP contribution in [0, 0.1) is 24.7 Å². The minimum atomic E-state index is -2.88. The Hall–Kier alpha value is -2.28. The third-order valence-electron chi connectivity index (χ3n) is 7.38. The topological polar surface area (TPSA) is 62.5 Å². The molecule has 2 atom stereocenters. The zero-order valence-corrected chi connectivity index (χ0v) is 19.2. The predicted molar refractivity (Wildman–Crippen MR) is 124 cm³/mol. The number of benzene rings is 1. The zero-order chi connectivity index (χ0) is 23.0. The van der Waals surface area contributed by atoms with E-state index in [1.54, 1.807) is 11.1 Å². The molecule has 1 aromatic carbocycles. The van der Waals surface area contributed by atoms with Crippen LogP contribution in [0.4, 0.5) is 14.5 Å². The monoisotopic (exact) mass is 444 g/mol. The van der Waals surface area contributed by atoms with Crippen molar-refractivity contribution >= 4 is 22.5 Å². The lowest BCUT2D eigenvalue weighted by atomic mass is 9.72. The summed E-state index contributed by atoms with van der Waals surface area (Å²) in [6.45, 7) is 8.10. The summed E-state index contributed by atoms with van der Waals surface area (Å²) in [7, 11) is 0. The molecule has 0 radical (unpaired) electrons. The first-order chi connectivity index (χ1) is 15.2. The number of anilines is 1. The van der Waals surface area contributed by atoms with E-state index in [-0.39, 0.29) is 18.9 Å². The second-order valence-corrected chi connectivity index (χ2v) is 9.90. The molecule has 2 aliphatic heterocycles. The number of piperidine rings is 2. The van der Waals surface area contributed by atoms with E-state index in [4.69, 9.17) is 5.73 Å². The van der Waals surface area contributed by atoms with Crippen LogP contribution in [0.25, 0.3) is 10.9 Å². The Morgan fingerprint density at radius 2 is 1.91 bits per heavy atom. The summed E-state index contributed by atoms with van der Waals surface area (Å²) in [5.41, 5.74) is 8.43. The number of primary amides is 1. The van der Waals surface area contributed by atoms with Crippen LogP contribution in [-0.4, -0.2) is 53.9 Å². The van der Waals surface area contributed by atoms with Crippen LogP contribution in [0.2, 0.25) is 0 Å². The smallest absolute Gasteiger partial charge is 0.265 e. The molecule has 2 saturated heterocycles. The average Bonchev–Trinajstić information content (AvgIpc) is 2.73. The SMILES string of the molecule is Cc1ccc(N2C[C@@H](C(C(N)=O)C3CCN(C(C)C)CC3)CC(F)(F)C2)c2cccnc12. The first kappa shape index (κ1) is 22.9. The molecule has 3 heterocycles. The Kier molecular flexibility index (Phi) is 6.39. The Labute approximate surface area is 189 Å². The van der Waals surface area contributed by atoms with Gasteiger partial charge in [-0.1, -0.05) is 6.07 Å². The fourth-order valence-corrected chi connectivity index (χ4v) is 5.78. The Bertz CT molecular complexity index is 972. The number of hydrogen-bond donors (Lipinski definition) is 1. The standard InChI is InChI=1S/C25H34F2N4O/c1-16(2)30-11-8-18(9-12-30)22(24(28)32)19-13-25(26,27)15-31(14-19)21-7-6-17(3)23-20(21)5-4-10-29-23/h4-7,10,16,18-19,22H,8-9,11-15H2,1-3H3,(H2,28,32)/t19-,22?/m0/s1. The van der Waals surface area contributed by atoms with Gasteiger partial charge in [-0.05, 0) is 82.3 Å². The molecule has 0 bridgehead atoms. The quantitative estimate of drug-likeness (QED) is 0.750. The van der Waals surface area contributed by atoms with E-state index >= 15 is 8.78 Å². The van der Waals surface area contributed by atoms with Crippen molar-refractivity contribution in [2.45, 2.75) is 52.0 Å². The van der Waals surface area contributed by atoms with Gasteiger partial charge >= 0.3 is 0 Å². The number of carbonyl (C=O) groups is 1. The van der Waals surface area contributed by atoms with Gasteiger partial charge < -0.3 is 15.5 Å². The molecule has 2 fully saturated rings. The number of likely N-dealkylation sites (tertiary alicyclic amines) is 1. The maximum Gasteiger partial charge on any atom is 0.265 e. The van der Waals surface area contributed by atoms with E-state index in [0.717, 1.165) is 48.1 Å². The molecule has 7 heteroatoms. The minimum absolute atomic E-state index is 0.0553. The Balaban J connectivity index is 1.62. The Morgan fingerprint density at radius 3 is 2.56 bits per heavy atom. The molecule has 0 saturated carbocycles. The van der Waals surface area contributed by atoms with Crippen LogP contribution in [0.3, 0.4) is 0 Å². The lowest BCUT2D eigenvalue weighted by Gasteiger charge is -2.45. The van der Waals surface area contributed by atoms with Gasteiger partial charge in [-0.3, -0.25) is 9.78 Å². The molecule has 2 aliphatic rings. The van der Waals surface area contributed by atoms with Crippen molar-refractivity contribution in [3.63, 3.8) is 0 Å². The summed E-state index contributed by atoms with van der Waals surface area (Å²) < 4.78 is 30.0. The van der Waals surface area contributed by atoms with Crippen molar-refractivity contribution in [1.29, 1.82) is 0 Å². The van der Waals surface area contributed by atoms with E-state index in [9.17, 15) is 4.79 Å². The van der Waals surface area contributed by atoms with Gasteiger partial charge in [-0.15, -0.1) is 0 Å². The summed E-state index contributed by atoms with van der Waals surface area (Å²) in [5.74, 6) is -4.27. The second kappa shape index (κ2) is 8.93. The maximum absolute atomic E-state index is 15.0. The molecule has 1 unspecified atom stereocenters. The van der Waals surface area contributed by atoms with Gasteiger partial charge in [0.05, 0.1) is 12.1 Å². The average molecular weight is 445 g/mol. The molecule has 2 N–H and O–H groups in total. The van der Waals surface area contributed by atoms with Gasteiger partial charge in [0.25, 0.3) is 5.92 Å². The molecule has 0 aliphatic carbocycles. The normalized spacial score (nSPS) is 23.6. The molecule has 4 rings (SSSR count). The number of nitrogens with zero attached hydrogens (tertiary/aromatic N) is 3. The van der Waals surface area contributed by atoms with Crippen LogP contribution >= 0.6 is 0 Å². The lowest BCUT2D eigenvalue weighted by molar-refractivity contribution is -0.129. The maximum atomic E-state index is 15.0. The number of alkyl halides is 2. The number of pyridine rings is 1. The van der Waals surface area contributed by atoms with Crippen molar-refractivity contribution in [3.05, 3.63) is 36.0 Å². The van der Waals surface area contributed by atoms with Crippen LogP contribution < -0.4 is 10.6 Å². The predicted octanol–water partition coefficient (Wildman–Crippen LogP) is 4.23. The van der Waals surface area contributed by atoms with Crippen molar-refractivity contribution in [1.82, 2.24) is 9.88 Å². The van der Waals surface area contributed by atoms with Crippen LogP contribution in [0.1, 0.15) is 38.7 Å². The highest BCUT2D eigenvalue weighted by atomic mass is 19.3. The highest BCUT2D eigenvalue weighted by molar-refractivity contribution is 5.93. The van der Waals surface area contributed by atoms with Crippen molar-refractivity contribution < 1.29 is 13.6 Å². The molecule has 1 aromatic heterocycles. The van der Waals surface area contributed by atoms with Crippen LogP contribution in [0.5, 0.6) is 0 Å². The van der Waals surface area contributed by atoms with Gasteiger partial charge in [-0.25, -0.2) is 8.78 Å². The fourth-order valence-electron chi connectivity index (χ4n) is 5.78. The van der Waals surface area contributed by atoms with Crippen molar-refractivity contribution in [2.75, 3.05) is 31.1 Å². The first-order valence-electron chi connectivity index (χ1n) is 11.7. The zero-order valence-electron chi connectivity index (χ0n) is 19.2. The summed E-state index contributed by atoms with van der Waals surface area (Å²) in [4.78, 5) is 21.1. The van der Waals surface area contributed by atoms with Gasteiger partial charge in [0.2, 0.25) is 5.91 Å². The first-order valence-corrected chi connectivity index (χ1v) is 11.7. The number of aryl methyl sites for hydroxylation is 1. The number of rotatable bonds is 5. The summed E-state index contributed by atoms with van der Waals surface area (Å²) in [6, 6.07) is 8.04. The summed E-state index contributed by atoms with van der Waals surface area (Å²) in [6.07, 6.45) is 3.08.